The van der Waals surface area contributed by atoms with Crippen molar-refractivity contribution in [2.24, 2.45) is 0 Å². The van der Waals surface area contributed by atoms with E-state index in [-0.39, 0.29) is 5.91 Å². The van der Waals surface area contributed by atoms with Gasteiger partial charge >= 0.3 is 0 Å². The number of amides is 1. The van der Waals surface area contributed by atoms with Crippen molar-refractivity contribution in [3.05, 3.63) is 51.2 Å². The first-order chi connectivity index (χ1) is 10.1. The highest BCUT2D eigenvalue weighted by Gasteiger charge is 2.22. The molecule has 0 radical (unpaired) electrons. The van der Waals surface area contributed by atoms with E-state index in [1.54, 1.807) is 0 Å². The van der Waals surface area contributed by atoms with Crippen molar-refractivity contribution in [3.63, 3.8) is 0 Å². The lowest BCUT2D eigenvalue weighted by Crippen LogP contribution is -2.48. The Kier molecular flexibility index (Phi) is 4.17. The Morgan fingerprint density at radius 2 is 1.95 bits per heavy atom. The van der Waals surface area contributed by atoms with Crippen LogP contribution in [0.2, 0.25) is 5.02 Å². The van der Waals surface area contributed by atoms with Crippen molar-refractivity contribution < 1.29 is 4.79 Å². The molecule has 1 aliphatic heterocycles. The predicted octanol–water partition coefficient (Wildman–Crippen LogP) is 3.67. The van der Waals surface area contributed by atoms with Crippen molar-refractivity contribution in [2.45, 2.75) is 6.92 Å². The van der Waals surface area contributed by atoms with Gasteiger partial charge in [0.15, 0.2) is 0 Å². The van der Waals surface area contributed by atoms with Gasteiger partial charge in [0, 0.05) is 36.9 Å². The molecule has 0 bridgehead atoms. The summed E-state index contributed by atoms with van der Waals surface area (Å²) in [6, 6.07) is 9.95. The molecule has 5 heteroatoms. The Hall–Kier alpha value is -1.52. The van der Waals surface area contributed by atoms with Crippen LogP contribution in [0.5, 0.6) is 0 Å². The van der Waals surface area contributed by atoms with Crippen LogP contribution in [-0.2, 0) is 0 Å². The lowest BCUT2D eigenvalue weighted by Gasteiger charge is -2.36. The van der Waals surface area contributed by atoms with Crippen molar-refractivity contribution in [3.8, 4) is 0 Å². The minimum Gasteiger partial charge on any atom is -0.368 e. The summed E-state index contributed by atoms with van der Waals surface area (Å²) in [4.78, 5) is 17.3. The molecule has 1 saturated heterocycles. The molecular formula is C16H17ClN2OS. The Bertz CT molecular complexity index is 634. The standard InChI is InChI=1S/C16H17ClN2OS/c1-12-4-5-13(11-14(12)17)18-6-8-19(9-7-18)16(20)15-3-2-10-21-15/h2-5,10-11H,6-9H2,1H3. The summed E-state index contributed by atoms with van der Waals surface area (Å²) in [6.07, 6.45) is 0. The maximum Gasteiger partial charge on any atom is 0.264 e. The zero-order valence-electron chi connectivity index (χ0n) is 11.9. The molecule has 21 heavy (non-hydrogen) atoms. The number of halogens is 1. The van der Waals surface area contributed by atoms with Gasteiger partial charge in [0.2, 0.25) is 0 Å². The van der Waals surface area contributed by atoms with E-state index in [9.17, 15) is 4.79 Å². The summed E-state index contributed by atoms with van der Waals surface area (Å²) in [6.45, 7) is 5.20. The van der Waals surface area contributed by atoms with Crippen molar-refractivity contribution in [1.82, 2.24) is 4.90 Å². The molecule has 1 amide bonds. The molecule has 2 heterocycles. The highest BCUT2D eigenvalue weighted by atomic mass is 35.5. The zero-order valence-corrected chi connectivity index (χ0v) is 13.5. The third-order valence-corrected chi connectivity index (χ3v) is 5.08. The van der Waals surface area contributed by atoms with E-state index in [1.165, 1.54) is 11.3 Å². The summed E-state index contributed by atoms with van der Waals surface area (Å²) in [7, 11) is 0. The predicted molar refractivity (Wildman–Crippen MR) is 88.6 cm³/mol. The first-order valence-electron chi connectivity index (χ1n) is 6.99. The van der Waals surface area contributed by atoms with E-state index in [0.717, 1.165) is 47.3 Å². The van der Waals surface area contributed by atoms with Gasteiger partial charge in [-0.1, -0.05) is 23.7 Å². The van der Waals surface area contributed by atoms with Crippen LogP contribution in [0.4, 0.5) is 5.69 Å². The monoisotopic (exact) mass is 320 g/mol. The first kappa shape index (κ1) is 14.4. The van der Waals surface area contributed by atoms with Crippen LogP contribution in [0.1, 0.15) is 15.2 Å². The van der Waals surface area contributed by atoms with Gasteiger partial charge in [0.05, 0.1) is 4.88 Å². The number of carbonyl (C=O) groups is 1. The SMILES string of the molecule is Cc1ccc(N2CCN(C(=O)c3cccs3)CC2)cc1Cl. The van der Waals surface area contributed by atoms with Crippen LogP contribution < -0.4 is 4.90 Å². The third kappa shape index (κ3) is 3.06. The third-order valence-electron chi connectivity index (χ3n) is 3.82. The smallest absolute Gasteiger partial charge is 0.264 e. The molecule has 0 spiro atoms. The number of nitrogens with zero attached hydrogens (tertiary/aromatic N) is 2. The molecule has 3 nitrogen and oxygen atoms in total. The maximum atomic E-state index is 12.3. The van der Waals surface area contributed by atoms with E-state index >= 15 is 0 Å². The molecule has 3 rings (SSSR count). The average Bonchev–Trinajstić information content (AvgIpc) is 3.04. The fourth-order valence-corrected chi connectivity index (χ4v) is 3.37. The van der Waals surface area contributed by atoms with E-state index in [4.69, 9.17) is 11.6 Å². The molecule has 0 N–H and O–H groups in total. The maximum absolute atomic E-state index is 12.3. The Balaban J connectivity index is 1.65. The van der Waals surface area contributed by atoms with Gasteiger partial charge in [-0.3, -0.25) is 4.79 Å². The summed E-state index contributed by atoms with van der Waals surface area (Å²) in [5.74, 6) is 0.145. The van der Waals surface area contributed by atoms with Crippen molar-refractivity contribution in [1.29, 1.82) is 0 Å². The summed E-state index contributed by atoms with van der Waals surface area (Å²) in [5.41, 5.74) is 2.22. The van der Waals surface area contributed by atoms with Crippen molar-refractivity contribution >= 4 is 34.5 Å². The number of thiophene rings is 1. The molecule has 1 aliphatic rings. The van der Waals surface area contributed by atoms with E-state index < -0.39 is 0 Å². The second-order valence-corrected chi connectivity index (χ2v) is 6.54. The first-order valence-corrected chi connectivity index (χ1v) is 8.25. The van der Waals surface area contributed by atoms with E-state index in [0.29, 0.717) is 0 Å². The van der Waals surface area contributed by atoms with Gasteiger partial charge in [0.1, 0.15) is 0 Å². The Morgan fingerprint density at radius 1 is 1.19 bits per heavy atom. The van der Waals surface area contributed by atoms with Gasteiger partial charge < -0.3 is 9.80 Å². The topological polar surface area (TPSA) is 23.6 Å². The number of anilines is 1. The van der Waals surface area contributed by atoms with Gasteiger partial charge in [-0.15, -0.1) is 11.3 Å². The molecule has 1 aromatic heterocycles. The zero-order chi connectivity index (χ0) is 14.8. The molecular weight excluding hydrogens is 304 g/mol. The molecule has 1 fully saturated rings. The summed E-state index contributed by atoms with van der Waals surface area (Å²) in [5, 5.41) is 2.74. The van der Waals surface area contributed by atoms with Crippen LogP contribution in [0.25, 0.3) is 0 Å². The second kappa shape index (κ2) is 6.08. The number of hydrogen-bond acceptors (Lipinski definition) is 3. The number of rotatable bonds is 2. The van der Waals surface area contributed by atoms with Crippen LogP contribution in [0, 0.1) is 6.92 Å². The summed E-state index contributed by atoms with van der Waals surface area (Å²) >= 11 is 7.69. The van der Waals surface area contributed by atoms with E-state index in [2.05, 4.69) is 11.0 Å². The number of carbonyl (C=O) groups excluding carboxylic acids is 1. The highest BCUT2D eigenvalue weighted by Crippen LogP contribution is 2.24. The number of aryl methyl sites for hydroxylation is 1. The molecule has 0 aliphatic carbocycles. The Morgan fingerprint density at radius 3 is 2.57 bits per heavy atom. The lowest BCUT2D eigenvalue weighted by molar-refractivity contribution is 0.0751. The molecule has 0 saturated carbocycles. The average molecular weight is 321 g/mol. The van der Waals surface area contributed by atoms with Crippen LogP contribution in [0.3, 0.4) is 0 Å². The quantitative estimate of drug-likeness (QED) is 0.843. The largest absolute Gasteiger partial charge is 0.368 e. The Labute approximate surface area is 133 Å². The number of benzene rings is 1. The number of piperazine rings is 1. The fourth-order valence-electron chi connectivity index (χ4n) is 2.50. The normalized spacial score (nSPS) is 15.3. The fraction of sp³-hybridized carbons (Fsp3) is 0.312. The minimum absolute atomic E-state index is 0.145. The van der Waals surface area contributed by atoms with Gasteiger partial charge in [0.25, 0.3) is 5.91 Å². The minimum atomic E-state index is 0.145. The summed E-state index contributed by atoms with van der Waals surface area (Å²) < 4.78 is 0. The van der Waals surface area contributed by atoms with Crippen LogP contribution in [0.15, 0.2) is 35.7 Å². The van der Waals surface area contributed by atoms with Gasteiger partial charge in [-0.25, -0.2) is 0 Å². The molecule has 110 valence electrons. The lowest BCUT2D eigenvalue weighted by atomic mass is 10.2. The second-order valence-electron chi connectivity index (χ2n) is 5.19. The molecule has 1 aromatic carbocycles. The molecule has 2 aromatic rings. The van der Waals surface area contributed by atoms with Gasteiger partial charge in [-0.2, -0.15) is 0 Å². The number of hydrogen-bond donors (Lipinski definition) is 0. The van der Waals surface area contributed by atoms with E-state index in [1.807, 2.05) is 41.5 Å². The van der Waals surface area contributed by atoms with Crippen LogP contribution in [-0.4, -0.2) is 37.0 Å². The highest BCUT2D eigenvalue weighted by molar-refractivity contribution is 7.12. The molecule has 0 atom stereocenters. The van der Waals surface area contributed by atoms with Crippen LogP contribution >= 0.6 is 22.9 Å². The van der Waals surface area contributed by atoms with Gasteiger partial charge in [-0.05, 0) is 36.1 Å². The van der Waals surface area contributed by atoms with Crippen molar-refractivity contribution in [2.75, 3.05) is 31.1 Å². The molecule has 0 unspecified atom stereocenters.